The van der Waals surface area contributed by atoms with E-state index in [1.165, 1.54) is 33.8 Å². The van der Waals surface area contributed by atoms with Gasteiger partial charge in [-0.05, 0) is 111 Å². The van der Waals surface area contributed by atoms with E-state index in [4.69, 9.17) is 21.9 Å². The summed E-state index contributed by atoms with van der Waals surface area (Å²) in [6, 6.07) is 32.6. The van der Waals surface area contributed by atoms with Gasteiger partial charge in [0.05, 0.1) is 23.5 Å². The molecule has 0 saturated carbocycles. The van der Waals surface area contributed by atoms with Crippen molar-refractivity contribution in [3.8, 4) is 17.2 Å². The Labute approximate surface area is 241 Å². The van der Waals surface area contributed by atoms with Crippen LogP contribution in [0.1, 0.15) is 45.9 Å². The molecule has 6 heteroatoms. The number of nitrogens with zero attached hydrogens (tertiary/aromatic N) is 3. The topological polar surface area (TPSA) is 42.3 Å². The SMILES string of the molecule is Cc1cccc(C)c1-n1c(C)cc([C@@H]2[C@H](c3ccccn3)NC(=S)N2c2ccc(Oc3ccccc3)cc2)c1C. The Hall–Kier alpha value is -4.42. The average Bonchev–Trinajstić information content (AvgIpc) is 3.45. The first-order valence-corrected chi connectivity index (χ1v) is 13.9. The van der Waals surface area contributed by atoms with Crippen LogP contribution in [-0.4, -0.2) is 14.7 Å². The minimum Gasteiger partial charge on any atom is -0.457 e. The summed E-state index contributed by atoms with van der Waals surface area (Å²) in [5.74, 6) is 1.58. The highest BCUT2D eigenvalue weighted by Crippen LogP contribution is 2.44. The normalized spacial score (nSPS) is 16.7. The summed E-state index contributed by atoms with van der Waals surface area (Å²) in [6.45, 7) is 8.74. The Bertz CT molecular complexity index is 1640. The van der Waals surface area contributed by atoms with Gasteiger partial charge in [-0.2, -0.15) is 0 Å². The van der Waals surface area contributed by atoms with Crippen molar-refractivity contribution in [1.29, 1.82) is 0 Å². The van der Waals surface area contributed by atoms with Crippen molar-refractivity contribution < 1.29 is 4.74 Å². The zero-order chi connectivity index (χ0) is 27.8. The van der Waals surface area contributed by atoms with E-state index in [0.717, 1.165) is 22.9 Å². The number of rotatable bonds is 6. The van der Waals surface area contributed by atoms with Crippen LogP contribution in [0.5, 0.6) is 11.5 Å². The molecular formula is C34H32N4OS. The van der Waals surface area contributed by atoms with Crippen molar-refractivity contribution in [1.82, 2.24) is 14.9 Å². The monoisotopic (exact) mass is 544 g/mol. The summed E-state index contributed by atoms with van der Waals surface area (Å²) in [7, 11) is 0. The third-order valence-corrected chi connectivity index (χ3v) is 7.96. The second-order valence-corrected chi connectivity index (χ2v) is 10.7. The number of aryl methyl sites for hydroxylation is 3. The third kappa shape index (κ3) is 4.65. The Balaban J connectivity index is 1.44. The number of hydrogen-bond acceptors (Lipinski definition) is 3. The van der Waals surface area contributed by atoms with Crippen molar-refractivity contribution in [3.63, 3.8) is 0 Å². The molecule has 1 N–H and O–H groups in total. The second kappa shape index (κ2) is 10.6. The molecule has 40 heavy (non-hydrogen) atoms. The summed E-state index contributed by atoms with van der Waals surface area (Å²) >= 11 is 5.98. The van der Waals surface area contributed by atoms with Crippen LogP contribution in [0, 0.1) is 27.7 Å². The van der Waals surface area contributed by atoms with Gasteiger partial charge in [-0.1, -0.05) is 42.5 Å². The molecule has 200 valence electrons. The molecular weight excluding hydrogens is 512 g/mol. The van der Waals surface area contributed by atoms with Crippen molar-refractivity contribution >= 4 is 23.0 Å². The van der Waals surface area contributed by atoms with Gasteiger partial charge < -0.3 is 19.5 Å². The van der Waals surface area contributed by atoms with Crippen LogP contribution < -0.4 is 15.0 Å². The average molecular weight is 545 g/mol. The molecule has 0 bridgehead atoms. The molecule has 5 nitrogen and oxygen atoms in total. The maximum absolute atomic E-state index is 6.05. The molecule has 3 aromatic carbocycles. The summed E-state index contributed by atoms with van der Waals surface area (Å²) in [4.78, 5) is 6.95. The first-order chi connectivity index (χ1) is 19.4. The number of ether oxygens (including phenoxy) is 1. The molecule has 1 aliphatic heterocycles. The lowest BCUT2D eigenvalue weighted by Gasteiger charge is -2.28. The summed E-state index contributed by atoms with van der Waals surface area (Å²) in [5.41, 5.74) is 9.29. The molecule has 0 spiro atoms. The molecule has 1 fully saturated rings. The molecule has 2 atom stereocenters. The fourth-order valence-corrected chi connectivity index (χ4v) is 6.18. The predicted octanol–water partition coefficient (Wildman–Crippen LogP) is 8.08. The van der Waals surface area contributed by atoms with Crippen LogP contribution in [0.4, 0.5) is 5.69 Å². The second-order valence-electron chi connectivity index (χ2n) is 10.3. The Kier molecular flexibility index (Phi) is 6.86. The maximum atomic E-state index is 6.05. The molecule has 1 saturated heterocycles. The Morgan fingerprint density at radius 2 is 1.45 bits per heavy atom. The van der Waals surface area contributed by atoms with Gasteiger partial charge in [-0.15, -0.1) is 0 Å². The minimum atomic E-state index is -0.110. The molecule has 0 aliphatic carbocycles. The quantitative estimate of drug-likeness (QED) is 0.219. The van der Waals surface area contributed by atoms with Crippen LogP contribution in [-0.2, 0) is 0 Å². The standard InChI is InChI=1S/C34H32N4OS/c1-22-11-10-12-23(2)32(22)37-24(3)21-29(25(37)4)33-31(30-15-8-9-20-35-30)36-34(40)38(33)26-16-18-28(19-17-26)39-27-13-6-5-7-14-27/h5-21,31,33H,1-4H3,(H,36,40)/t31-,33+/m0/s1. The van der Waals surface area contributed by atoms with E-state index in [-0.39, 0.29) is 12.1 Å². The Morgan fingerprint density at radius 3 is 2.12 bits per heavy atom. The number of hydrogen-bond donors (Lipinski definition) is 1. The number of aromatic nitrogens is 2. The van der Waals surface area contributed by atoms with E-state index in [2.05, 4.69) is 84.9 Å². The lowest BCUT2D eigenvalue weighted by atomic mass is 9.96. The van der Waals surface area contributed by atoms with Crippen LogP contribution in [0.15, 0.2) is 103 Å². The minimum absolute atomic E-state index is 0.0902. The fraction of sp³-hybridized carbons (Fsp3) is 0.176. The van der Waals surface area contributed by atoms with E-state index in [0.29, 0.717) is 5.11 Å². The molecule has 0 amide bonds. The Morgan fingerprint density at radius 1 is 0.775 bits per heavy atom. The molecule has 0 radical (unpaired) electrons. The number of nitrogens with one attached hydrogen (secondary N) is 1. The fourth-order valence-electron chi connectivity index (χ4n) is 5.84. The smallest absolute Gasteiger partial charge is 0.174 e. The predicted molar refractivity (Wildman–Crippen MR) is 166 cm³/mol. The van der Waals surface area contributed by atoms with Crippen molar-refractivity contribution in [2.45, 2.75) is 39.8 Å². The van der Waals surface area contributed by atoms with Gasteiger partial charge in [-0.25, -0.2) is 0 Å². The van der Waals surface area contributed by atoms with Crippen molar-refractivity contribution in [2.24, 2.45) is 0 Å². The van der Waals surface area contributed by atoms with Gasteiger partial charge in [0.1, 0.15) is 11.5 Å². The van der Waals surface area contributed by atoms with Gasteiger partial charge >= 0.3 is 0 Å². The molecule has 3 heterocycles. The number of thiocarbonyl (C=S) groups is 1. The van der Waals surface area contributed by atoms with Crippen molar-refractivity contribution in [3.05, 3.63) is 137 Å². The summed E-state index contributed by atoms with van der Waals surface area (Å²) < 4.78 is 8.43. The first kappa shape index (κ1) is 25.8. The van der Waals surface area contributed by atoms with Gasteiger partial charge in [0, 0.05) is 23.3 Å². The summed E-state index contributed by atoms with van der Waals surface area (Å²) in [5, 5.41) is 4.27. The molecule has 0 unspecified atom stereocenters. The molecule has 2 aromatic heterocycles. The van der Waals surface area contributed by atoms with E-state index >= 15 is 0 Å². The molecule has 5 aromatic rings. The lowest BCUT2D eigenvalue weighted by molar-refractivity contribution is 0.482. The highest BCUT2D eigenvalue weighted by Gasteiger charge is 2.42. The van der Waals surface area contributed by atoms with Crippen LogP contribution in [0.25, 0.3) is 5.69 Å². The first-order valence-electron chi connectivity index (χ1n) is 13.5. The zero-order valence-corrected chi connectivity index (χ0v) is 23.9. The zero-order valence-electron chi connectivity index (χ0n) is 23.1. The van der Waals surface area contributed by atoms with Crippen LogP contribution in [0.3, 0.4) is 0 Å². The van der Waals surface area contributed by atoms with Crippen LogP contribution in [0.2, 0.25) is 0 Å². The number of para-hydroxylation sites is 2. The highest BCUT2D eigenvalue weighted by molar-refractivity contribution is 7.80. The number of pyridine rings is 1. The van der Waals surface area contributed by atoms with Gasteiger partial charge in [0.2, 0.25) is 0 Å². The van der Waals surface area contributed by atoms with Gasteiger partial charge in [-0.3, -0.25) is 4.98 Å². The van der Waals surface area contributed by atoms with E-state index < -0.39 is 0 Å². The molecule has 1 aliphatic rings. The third-order valence-electron chi connectivity index (χ3n) is 7.64. The highest BCUT2D eigenvalue weighted by atomic mass is 32.1. The van der Waals surface area contributed by atoms with Gasteiger partial charge in [0.25, 0.3) is 0 Å². The maximum Gasteiger partial charge on any atom is 0.174 e. The van der Waals surface area contributed by atoms with Crippen molar-refractivity contribution in [2.75, 3.05) is 4.90 Å². The van der Waals surface area contributed by atoms with Crippen LogP contribution >= 0.6 is 12.2 Å². The van der Waals surface area contributed by atoms with Gasteiger partial charge in [0.15, 0.2) is 5.11 Å². The van der Waals surface area contributed by atoms with E-state index in [9.17, 15) is 0 Å². The number of benzene rings is 3. The van der Waals surface area contributed by atoms with E-state index in [1.54, 1.807) is 0 Å². The largest absolute Gasteiger partial charge is 0.457 e. The number of anilines is 1. The lowest BCUT2D eigenvalue weighted by Crippen LogP contribution is -2.29. The molecule has 6 rings (SSSR count). The summed E-state index contributed by atoms with van der Waals surface area (Å²) in [6.07, 6.45) is 1.84. The van der Waals surface area contributed by atoms with E-state index in [1.807, 2.05) is 60.8 Å².